The summed E-state index contributed by atoms with van der Waals surface area (Å²) >= 11 is 0. The van der Waals surface area contributed by atoms with Gasteiger partial charge < -0.3 is 5.73 Å². The Morgan fingerprint density at radius 1 is 1.44 bits per heavy atom. The monoisotopic (exact) mass is 249 g/mol. The maximum absolute atomic E-state index is 12.0. The van der Waals surface area contributed by atoms with Gasteiger partial charge in [-0.15, -0.1) is 0 Å². The van der Waals surface area contributed by atoms with E-state index in [1.807, 2.05) is 13.8 Å². The smallest absolute Gasteiger partial charge is 0.279 e. The Balaban J connectivity index is 2.53. The lowest BCUT2D eigenvalue weighted by Gasteiger charge is -2.22. The third kappa shape index (κ3) is 4.37. The fourth-order valence-electron chi connectivity index (χ4n) is 1.46. The van der Waals surface area contributed by atoms with E-state index in [4.69, 9.17) is 5.73 Å². The van der Waals surface area contributed by atoms with E-state index in [-0.39, 0.29) is 6.04 Å². The van der Waals surface area contributed by atoms with Crippen LogP contribution in [0.25, 0.3) is 0 Å². The second kappa shape index (κ2) is 5.95. The van der Waals surface area contributed by atoms with Crippen molar-refractivity contribution in [2.75, 3.05) is 19.6 Å². The van der Waals surface area contributed by atoms with Crippen molar-refractivity contribution in [3.63, 3.8) is 0 Å². The fourth-order valence-corrected chi connectivity index (χ4v) is 3.15. The molecule has 0 saturated heterocycles. The van der Waals surface area contributed by atoms with Crippen LogP contribution >= 0.6 is 0 Å². The number of nitrogens with zero attached hydrogens (tertiary/aromatic N) is 1. The zero-order valence-corrected chi connectivity index (χ0v) is 11.0. The summed E-state index contributed by atoms with van der Waals surface area (Å²) < 4.78 is 28.2. The molecule has 6 heteroatoms. The Hall–Kier alpha value is -0.170. The topological polar surface area (TPSA) is 75.4 Å². The Labute approximate surface area is 98.6 Å². The first kappa shape index (κ1) is 13.9. The lowest BCUT2D eigenvalue weighted by atomic mass is 10.2. The molecule has 16 heavy (non-hydrogen) atoms. The lowest BCUT2D eigenvalue weighted by molar-refractivity contribution is 0.389. The van der Waals surface area contributed by atoms with Gasteiger partial charge in [0.25, 0.3) is 10.2 Å². The van der Waals surface area contributed by atoms with E-state index in [0.29, 0.717) is 25.6 Å². The Morgan fingerprint density at radius 2 is 2.06 bits per heavy atom. The highest BCUT2D eigenvalue weighted by Crippen LogP contribution is 2.28. The zero-order valence-electron chi connectivity index (χ0n) is 10.1. The van der Waals surface area contributed by atoms with Gasteiger partial charge in [-0.05, 0) is 31.7 Å². The van der Waals surface area contributed by atoms with Gasteiger partial charge in [-0.1, -0.05) is 13.8 Å². The second-order valence-electron chi connectivity index (χ2n) is 4.73. The van der Waals surface area contributed by atoms with Crippen LogP contribution in [0.15, 0.2) is 0 Å². The molecule has 0 atom stereocenters. The van der Waals surface area contributed by atoms with Crippen molar-refractivity contribution in [3.05, 3.63) is 0 Å². The maximum atomic E-state index is 12.0. The predicted octanol–water partition coefficient (Wildman–Crippen LogP) is 0.290. The van der Waals surface area contributed by atoms with Crippen LogP contribution < -0.4 is 10.5 Å². The van der Waals surface area contributed by atoms with E-state index in [1.165, 1.54) is 0 Å². The Morgan fingerprint density at radius 3 is 2.50 bits per heavy atom. The highest BCUT2D eigenvalue weighted by Gasteiger charge is 2.36. The molecule has 0 bridgehead atoms. The minimum Gasteiger partial charge on any atom is -0.330 e. The number of nitrogens with two attached hydrogens (primary N) is 1. The van der Waals surface area contributed by atoms with E-state index >= 15 is 0 Å². The molecule has 96 valence electrons. The summed E-state index contributed by atoms with van der Waals surface area (Å²) in [6.45, 7) is 5.54. The third-order valence-electron chi connectivity index (χ3n) is 2.52. The minimum absolute atomic E-state index is 0.205. The van der Waals surface area contributed by atoms with Gasteiger partial charge in [0.15, 0.2) is 0 Å². The van der Waals surface area contributed by atoms with Crippen LogP contribution in [0, 0.1) is 5.92 Å². The Bertz CT molecular complexity index is 299. The van der Waals surface area contributed by atoms with Crippen molar-refractivity contribution in [3.8, 4) is 0 Å². The first-order valence-corrected chi connectivity index (χ1v) is 7.38. The van der Waals surface area contributed by atoms with Crippen LogP contribution in [-0.4, -0.2) is 38.4 Å². The van der Waals surface area contributed by atoms with Gasteiger partial charge in [0.05, 0.1) is 0 Å². The largest absolute Gasteiger partial charge is 0.330 e. The van der Waals surface area contributed by atoms with Gasteiger partial charge in [0, 0.05) is 19.1 Å². The molecule has 0 aromatic rings. The molecule has 5 nitrogen and oxygen atoms in total. The summed E-state index contributed by atoms with van der Waals surface area (Å²) in [5, 5.41) is 0. The van der Waals surface area contributed by atoms with Crippen molar-refractivity contribution in [2.24, 2.45) is 11.7 Å². The average Bonchev–Trinajstić information content (AvgIpc) is 2.99. The summed E-state index contributed by atoms with van der Waals surface area (Å²) in [5.74, 6) is 0.324. The van der Waals surface area contributed by atoms with Gasteiger partial charge in [0.1, 0.15) is 0 Å². The predicted molar refractivity (Wildman–Crippen MR) is 65.2 cm³/mol. The average molecular weight is 249 g/mol. The maximum Gasteiger partial charge on any atom is 0.279 e. The molecule has 1 rings (SSSR count). The molecular weight excluding hydrogens is 226 g/mol. The summed E-state index contributed by atoms with van der Waals surface area (Å²) in [6.07, 6.45) is 2.68. The molecule has 0 heterocycles. The summed E-state index contributed by atoms with van der Waals surface area (Å²) in [6, 6.07) is 0.205. The molecule has 1 aliphatic carbocycles. The van der Waals surface area contributed by atoms with Crippen LogP contribution in [0.5, 0.6) is 0 Å². The van der Waals surface area contributed by atoms with Crippen molar-refractivity contribution in [1.82, 2.24) is 9.03 Å². The zero-order chi connectivity index (χ0) is 12.2. The van der Waals surface area contributed by atoms with Gasteiger partial charge in [0.2, 0.25) is 0 Å². The molecule has 0 aliphatic heterocycles. The van der Waals surface area contributed by atoms with Crippen molar-refractivity contribution >= 4 is 10.2 Å². The molecule has 0 unspecified atom stereocenters. The van der Waals surface area contributed by atoms with Gasteiger partial charge in [-0.25, -0.2) is 4.72 Å². The third-order valence-corrected chi connectivity index (χ3v) is 4.15. The Kier molecular flexibility index (Phi) is 5.17. The van der Waals surface area contributed by atoms with Crippen LogP contribution in [0.3, 0.4) is 0 Å². The first-order chi connectivity index (χ1) is 7.47. The lowest BCUT2D eigenvalue weighted by Crippen LogP contribution is -2.44. The molecule has 1 saturated carbocycles. The molecule has 1 aliphatic rings. The number of rotatable bonds is 8. The van der Waals surface area contributed by atoms with Crippen LogP contribution in [-0.2, 0) is 10.2 Å². The molecule has 1 fully saturated rings. The molecular formula is C10H23N3O2S. The number of nitrogens with one attached hydrogen (secondary N) is 1. The van der Waals surface area contributed by atoms with E-state index in [9.17, 15) is 8.42 Å². The quantitative estimate of drug-likeness (QED) is 0.649. The van der Waals surface area contributed by atoms with Gasteiger partial charge in [-0.3, -0.25) is 0 Å². The number of hydrogen-bond acceptors (Lipinski definition) is 3. The first-order valence-electron chi connectivity index (χ1n) is 5.94. The summed E-state index contributed by atoms with van der Waals surface area (Å²) in [7, 11) is -3.30. The highest BCUT2D eigenvalue weighted by molar-refractivity contribution is 7.87. The van der Waals surface area contributed by atoms with Crippen molar-refractivity contribution in [2.45, 2.75) is 39.2 Å². The number of hydrogen-bond donors (Lipinski definition) is 2. The normalized spacial score (nSPS) is 17.3. The molecule has 0 aromatic carbocycles. The van der Waals surface area contributed by atoms with E-state index in [1.54, 1.807) is 4.31 Å². The summed E-state index contributed by atoms with van der Waals surface area (Å²) in [5.41, 5.74) is 5.42. The second-order valence-corrected chi connectivity index (χ2v) is 6.44. The molecule has 0 spiro atoms. The fraction of sp³-hybridized carbons (Fsp3) is 1.00. The molecule has 0 aromatic heterocycles. The molecule has 3 N–H and O–H groups in total. The molecule has 0 radical (unpaired) electrons. The SMILES string of the molecule is CC(C)CNS(=O)(=O)N(CCCN)C1CC1. The van der Waals surface area contributed by atoms with E-state index in [2.05, 4.69) is 4.72 Å². The van der Waals surface area contributed by atoms with E-state index < -0.39 is 10.2 Å². The van der Waals surface area contributed by atoms with Crippen LogP contribution in [0.1, 0.15) is 33.1 Å². The van der Waals surface area contributed by atoms with E-state index in [0.717, 1.165) is 19.3 Å². The minimum atomic E-state index is -3.30. The molecule has 0 amide bonds. The van der Waals surface area contributed by atoms with Crippen LogP contribution in [0.2, 0.25) is 0 Å². The van der Waals surface area contributed by atoms with Gasteiger partial charge in [-0.2, -0.15) is 12.7 Å². The standard InChI is InChI=1S/C10H23N3O2S/c1-9(2)8-12-16(14,15)13(7-3-6-11)10-4-5-10/h9-10,12H,3-8,11H2,1-2H3. The van der Waals surface area contributed by atoms with Gasteiger partial charge >= 0.3 is 0 Å². The van der Waals surface area contributed by atoms with Crippen LogP contribution in [0.4, 0.5) is 0 Å². The van der Waals surface area contributed by atoms with Crippen molar-refractivity contribution < 1.29 is 8.42 Å². The van der Waals surface area contributed by atoms with Crippen molar-refractivity contribution in [1.29, 1.82) is 0 Å². The highest BCUT2D eigenvalue weighted by atomic mass is 32.2. The summed E-state index contributed by atoms with van der Waals surface area (Å²) in [4.78, 5) is 0.